The number of nitrogens with zero attached hydrogens (tertiary/aromatic N) is 3. The highest BCUT2D eigenvalue weighted by Crippen LogP contribution is 2.44. The Bertz CT molecular complexity index is 1400. The zero-order chi connectivity index (χ0) is 28.8. The molecular weight excluding hydrogens is 530 g/mol. The largest absolute Gasteiger partial charge is 0.486 e. The number of nitriles is 1. The van der Waals surface area contributed by atoms with Crippen LogP contribution in [-0.2, 0) is 10.0 Å². The third-order valence-corrected chi connectivity index (χ3v) is 8.11. The number of ether oxygens (including phenoxy) is 1. The maximum absolute atomic E-state index is 13.9. The quantitative estimate of drug-likeness (QED) is 0.446. The maximum atomic E-state index is 13.9. The highest BCUT2D eigenvalue weighted by Gasteiger charge is 2.54. The fourth-order valence-electron chi connectivity index (χ4n) is 4.09. The normalized spacial score (nSPS) is 16.3. The molecule has 0 fully saturated rings. The molecule has 206 valence electrons. The summed E-state index contributed by atoms with van der Waals surface area (Å²) >= 11 is 0. The van der Waals surface area contributed by atoms with E-state index in [2.05, 4.69) is 6.07 Å². The van der Waals surface area contributed by atoms with Gasteiger partial charge in [0.25, 0.3) is 10.0 Å². The summed E-state index contributed by atoms with van der Waals surface area (Å²) in [6, 6.07) is 8.54. The molecular formula is C25H27F4N3O5S. The number of fused-ring (bicyclic) bond motifs is 1. The van der Waals surface area contributed by atoms with Crippen LogP contribution in [-0.4, -0.2) is 44.0 Å². The second kappa shape index (κ2) is 9.65. The van der Waals surface area contributed by atoms with Gasteiger partial charge in [-0.1, -0.05) is 0 Å². The molecule has 1 aliphatic rings. The second-order valence-corrected chi connectivity index (χ2v) is 12.1. The molecule has 0 spiro atoms. The molecule has 1 aliphatic heterocycles. The summed E-state index contributed by atoms with van der Waals surface area (Å²) < 4.78 is 89.5. The number of rotatable bonds is 6. The minimum absolute atomic E-state index is 0.0312. The zero-order valence-electron chi connectivity index (χ0n) is 21.3. The maximum Gasteiger partial charge on any atom is 0.412 e. The van der Waals surface area contributed by atoms with Gasteiger partial charge in [-0.25, -0.2) is 17.6 Å². The molecule has 0 saturated carbocycles. The smallest absolute Gasteiger partial charge is 0.412 e. The first-order valence-electron chi connectivity index (χ1n) is 11.4. The Morgan fingerprint density at radius 1 is 1.18 bits per heavy atom. The summed E-state index contributed by atoms with van der Waals surface area (Å²) in [6.45, 7) is 5.71. The average Bonchev–Trinajstić information content (AvgIpc) is 2.79. The van der Waals surface area contributed by atoms with E-state index in [1.54, 1.807) is 13.8 Å². The summed E-state index contributed by atoms with van der Waals surface area (Å²) in [6.07, 6.45) is -7.56. The van der Waals surface area contributed by atoms with Crippen LogP contribution in [0.2, 0.25) is 0 Å². The molecule has 2 aromatic rings. The van der Waals surface area contributed by atoms with E-state index in [-0.39, 0.29) is 39.8 Å². The minimum Gasteiger partial charge on any atom is -0.486 e. The van der Waals surface area contributed by atoms with Crippen LogP contribution in [0.4, 0.5) is 33.7 Å². The van der Waals surface area contributed by atoms with Crippen molar-refractivity contribution in [3.63, 3.8) is 0 Å². The van der Waals surface area contributed by atoms with Crippen molar-refractivity contribution in [1.29, 1.82) is 5.26 Å². The van der Waals surface area contributed by atoms with E-state index in [1.807, 2.05) is 0 Å². The Balaban J connectivity index is 2.21. The molecule has 0 aromatic heterocycles. The lowest BCUT2D eigenvalue weighted by atomic mass is 9.88. The standard InChI is InChI=1S/C25H27F4N3O5S/c1-15-10-18(7-8-19(15)26)38(35,36)31-13-17(12-23(2,3)14-30)37-21-9-6-16(11-20(21)31)32(22(33)34)24(4,5)25(27,28)29/h6-11,17H,12-13H2,1-5H3,(H,33,34)/t17-/m0/s1. The number of amides is 1. The fourth-order valence-corrected chi connectivity index (χ4v) is 5.68. The first-order chi connectivity index (χ1) is 17.3. The van der Waals surface area contributed by atoms with E-state index >= 15 is 0 Å². The monoisotopic (exact) mass is 557 g/mol. The minimum atomic E-state index is -4.96. The van der Waals surface area contributed by atoms with Crippen molar-refractivity contribution in [3.05, 3.63) is 47.8 Å². The van der Waals surface area contributed by atoms with Crippen molar-refractivity contribution in [2.45, 2.75) is 63.8 Å². The Hall–Kier alpha value is -3.53. The molecule has 1 atom stereocenters. The number of hydrogen-bond donors (Lipinski definition) is 1. The molecule has 0 saturated heterocycles. The van der Waals surface area contributed by atoms with Gasteiger partial charge in [-0.3, -0.25) is 9.21 Å². The van der Waals surface area contributed by atoms with Gasteiger partial charge >= 0.3 is 12.3 Å². The molecule has 1 heterocycles. The van der Waals surface area contributed by atoms with Crippen LogP contribution in [0.5, 0.6) is 5.75 Å². The molecule has 0 aliphatic carbocycles. The molecule has 8 nitrogen and oxygen atoms in total. The van der Waals surface area contributed by atoms with E-state index in [1.165, 1.54) is 13.0 Å². The number of alkyl halides is 3. The number of hydrogen-bond acceptors (Lipinski definition) is 5. The van der Waals surface area contributed by atoms with Gasteiger partial charge in [-0.05, 0) is 76.6 Å². The van der Waals surface area contributed by atoms with Crippen molar-refractivity contribution >= 4 is 27.5 Å². The van der Waals surface area contributed by atoms with Crippen LogP contribution < -0.4 is 13.9 Å². The summed E-state index contributed by atoms with van der Waals surface area (Å²) in [5, 5.41) is 19.1. The Kier molecular flexibility index (Phi) is 7.37. The summed E-state index contributed by atoms with van der Waals surface area (Å²) in [5.74, 6) is -0.662. The Morgan fingerprint density at radius 2 is 1.82 bits per heavy atom. The highest BCUT2D eigenvalue weighted by molar-refractivity contribution is 7.92. The lowest BCUT2D eigenvalue weighted by Gasteiger charge is -2.40. The lowest BCUT2D eigenvalue weighted by molar-refractivity contribution is -0.175. The van der Waals surface area contributed by atoms with Crippen LogP contribution in [0.1, 0.15) is 39.7 Å². The molecule has 13 heteroatoms. The van der Waals surface area contributed by atoms with Gasteiger partial charge in [0.1, 0.15) is 23.2 Å². The fraction of sp³-hybridized carbons (Fsp3) is 0.440. The zero-order valence-corrected chi connectivity index (χ0v) is 22.1. The summed E-state index contributed by atoms with van der Waals surface area (Å²) in [7, 11) is -4.42. The van der Waals surface area contributed by atoms with Crippen molar-refractivity contribution in [1.82, 2.24) is 0 Å². The van der Waals surface area contributed by atoms with Crippen molar-refractivity contribution in [2.75, 3.05) is 15.7 Å². The number of carbonyl (C=O) groups is 1. The van der Waals surface area contributed by atoms with Crippen molar-refractivity contribution < 1.29 is 40.6 Å². The summed E-state index contributed by atoms with van der Waals surface area (Å²) in [4.78, 5) is 11.8. The van der Waals surface area contributed by atoms with Crippen LogP contribution in [0.3, 0.4) is 0 Å². The predicted molar refractivity (Wildman–Crippen MR) is 131 cm³/mol. The van der Waals surface area contributed by atoms with E-state index in [9.17, 15) is 41.1 Å². The van der Waals surface area contributed by atoms with Gasteiger partial charge in [0, 0.05) is 6.42 Å². The number of halogens is 4. The van der Waals surface area contributed by atoms with Gasteiger partial charge in [-0.2, -0.15) is 18.4 Å². The van der Waals surface area contributed by atoms with Gasteiger partial charge in [-0.15, -0.1) is 0 Å². The Morgan fingerprint density at radius 3 is 2.34 bits per heavy atom. The van der Waals surface area contributed by atoms with Crippen LogP contribution in [0, 0.1) is 29.5 Å². The van der Waals surface area contributed by atoms with Gasteiger partial charge < -0.3 is 9.84 Å². The first-order valence-corrected chi connectivity index (χ1v) is 12.9. The molecule has 38 heavy (non-hydrogen) atoms. The van der Waals surface area contributed by atoms with Crippen LogP contribution >= 0.6 is 0 Å². The second-order valence-electron chi connectivity index (χ2n) is 10.2. The van der Waals surface area contributed by atoms with E-state index in [0.29, 0.717) is 13.8 Å². The Labute approximate surface area is 218 Å². The molecule has 2 aromatic carbocycles. The number of sulfonamides is 1. The number of carboxylic acid groups (broad SMARTS) is 1. The first kappa shape index (κ1) is 29.0. The van der Waals surface area contributed by atoms with Gasteiger partial charge in [0.05, 0.1) is 34.3 Å². The predicted octanol–water partition coefficient (Wildman–Crippen LogP) is 5.86. The number of benzene rings is 2. The number of anilines is 2. The molecule has 0 bridgehead atoms. The van der Waals surface area contributed by atoms with Gasteiger partial charge in [0.15, 0.2) is 0 Å². The van der Waals surface area contributed by atoms with E-state index in [4.69, 9.17) is 4.74 Å². The average molecular weight is 558 g/mol. The molecule has 0 radical (unpaired) electrons. The molecule has 1 N–H and O–H groups in total. The topological polar surface area (TPSA) is 111 Å². The lowest BCUT2D eigenvalue weighted by Crippen LogP contribution is -2.57. The molecule has 1 amide bonds. The van der Waals surface area contributed by atoms with Crippen LogP contribution in [0.15, 0.2) is 41.3 Å². The molecule has 3 rings (SSSR count). The van der Waals surface area contributed by atoms with E-state index < -0.39 is 50.9 Å². The SMILES string of the molecule is Cc1cc(S(=O)(=O)N2C[C@H](CC(C)(C)C#N)Oc3ccc(N(C(=O)O)C(C)(C)C(F)(F)F)cc32)ccc1F. The highest BCUT2D eigenvalue weighted by atomic mass is 32.2. The van der Waals surface area contributed by atoms with Crippen molar-refractivity contribution in [2.24, 2.45) is 5.41 Å². The van der Waals surface area contributed by atoms with Crippen LogP contribution in [0.25, 0.3) is 0 Å². The molecule has 0 unspecified atom stereocenters. The third-order valence-electron chi connectivity index (χ3n) is 6.33. The summed E-state index contributed by atoms with van der Waals surface area (Å²) in [5.41, 5.74) is -4.34. The van der Waals surface area contributed by atoms with Gasteiger partial charge in [0.2, 0.25) is 0 Å². The van der Waals surface area contributed by atoms with Crippen molar-refractivity contribution in [3.8, 4) is 11.8 Å². The number of aryl methyl sites for hydroxylation is 1. The van der Waals surface area contributed by atoms with E-state index in [0.717, 1.165) is 34.6 Å². The third kappa shape index (κ3) is 5.36.